The molecule has 6 nitrogen and oxygen atoms in total. The van der Waals surface area contributed by atoms with Gasteiger partial charge in [0.05, 0.1) is 11.0 Å². The number of aliphatic hydroxyl groups is 1. The number of aliphatic hydroxyl groups excluding tert-OH is 1. The Hall–Kier alpha value is -2.55. The Morgan fingerprint density at radius 2 is 1.83 bits per heavy atom. The Kier molecular flexibility index (Phi) is 5.24. The van der Waals surface area contributed by atoms with Crippen LogP contribution in [0.3, 0.4) is 0 Å². The lowest BCUT2D eigenvalue weighted by Gasteiger charge is -2.28. The third-order valence-electron chi connectivity index (χ3n) is 5.40. The molecule has 4 rings (SSSR count). The van der Waals surface area contributed by atoms with Gasteiger partial charge in [0.15, 0.2) is 0 Å². The van der Waals surface area contributed by atoms with E-state index in [1.807, 2.05) is 18.3 Å². The Labute approximate surface area is 168 Å². The van der Waals surface area contributed by atoms with Gasteiger partial charge in [-0.2, -0.15) is 0 Å². The molecule has 1 fully saturated rings. The second kappa shape index (κ2) is 7.70. The molecule has 3 aromatic rings. The molecule has 29 heavy (non-hydrogen) atoms. The van der Waals surface area contributed by atoms with E-state index in [1.165, 1.54) is 12.1 Å². The minimum absolute atomic E-state index is 0.208. The van der Waals surface area contributed by atoms with Gasteiger partial charge in [-0.25, -0.2) is 22.9 Å². The van der Waals surface area contributed by atoms with Crippen LogP contribution >= 0.6 is 0 Å². The minimum atomic E-state index is -3.95. The Bertz CT molecular complexity index is 1130. The predicted molar refractivity (Wildman–Crippen MR) is 108 cm³/mol. The van der Waals surface area contributed by atoms with Crippen LogP contribution in [0.2, 0.25) is 0 Å². The molecule has 0 bridgehead atoms. The zero-order valence-corrected chi connectivity index (χ0v) is 16.5. The van der Waals surface area contributed by atoms with E-state index >= 15 is 0 Å². The molecular weight excluding hydrogens is 393 g/mol. The number of hydrogen-bond donors (Lipinski definition) is 2. The average Bonchev–Trinajstić information content (AvgIpc) is 3.17. The summed E-state index contributed by atoms with van der Waals surface area (Å²) in [6, 6.07) is 11.1. The van der Waals surface area contributed by atoms with Crippen molar-refractivity contribution < 1.29 is 17.9 Å². The van der Waals surface area contributed by atoms with Gasteiger partial charge in [0.2, 0.25) is 10.0 Å². The number of primary sulfonamides is 1. The lowest BCUT2D eigenvalue weighted by atomic mass is 9.92. The highest BCUT2D eigenvalue weighted by Gasteiger charge is 2.23. The summed E-state index contributed by atoms with van der Waals surface area (Å²) in [5.41, 5.74) is 1.81. The van der Waals surface area contributed by atoms with E-state index in [0.717, 1.165) is 36.7 Å². The summed E-state index contributed by atoms with van der Waals surface area (Å²) in [5.74, 6) is 0.155. The molecule has 2 aromatic carbocycles. The average molecular weight is 415 g/mol. The summed E-state index contributed by atoms with van der Waals surface area (Å²) in [5, 5.41) is 15.0. The van der Waals surface area contributed by atoms with Crippen molar-refractivity contribution in [3.63, 3.8) is 0 Å². The SMILES string of the molecule is NS(=O)(=O)c1ccc(-c2ccc(-c3nccn3[C@@H]3CCC[C@@H](O)C3)cc2)c(F)c1. The van der Waals surface area contributed by atoms with E-state index in [0.29, 0.717) is 17.5 Å². The lowest BCUT2D eigenvalue weighted by Crippen LogP contribution is -2.22. The first-order valence-electron chi connectivity index (χ1n) is 9.47. The fraction of sp³-hybridized carbons (Fsp3) is 0.286. The van der Waals surface area contributed by atoms with Gasteiger partial charge in [0, 0.05) is 29.6 Å². The Balaban J connectivity index is 1.62. The maximum atomic E-state index is 14.4. The molecule has 0 unspecified atom stereocenters. The van der Waals surface area contributed by atoms with Crippen molar-refractivity contribution in [2.24, 2.45) is 5.14 Å². The summed E-state index contributed by atoms with van der Waals surface area (Å²) in [6.45, 7) is 0. The van der Waals surface area contributed by atoms with Crippen LogP contribution in [-0.4, -0.2) is 29.2 Å². The van der Waals surface area contributed by atoms with Gasteiger partial charge in [-0.1, -0.05) is 30.3 Å². The predicted octanol–water partition coefficient (Wildman–Crippen LogP) is 3.48. The molecule has 0 aliphatic heterocycles. The molecule has 0 saturated heterocycles. The number of sulfonamides is 1. The molecular formula is C21H22FN3O3S. The van der Waals surface area contributed by atoms with Gasteiger partial charge in [0.25, 0.3) is 0 Å². The highest BCUT2D eigenvalue weighted by Crippen LogP contribution is 2.33. The highest BCUT2D eigenvalue weighted by atomic mass is 32.2. The number of nitrogens with two attached hydrogens (primary N) is 1. The zero-order valence-electron chi connectivity index (χ0n) is 15.7. The Morgan fingerprint density at radius 3 is 2.48 bits per heavy atom. The number of halogens is 1. The lowest BCUT2D eigenvalue weighted by molar-refractivity contribution is 0.104. The third kappa shape index (κ3) is 4.10. The normalized spacial score (nSPS) is 20.0. The maximum absolute atomic E-state index is 14.4. The molecule has 8 heteroatoms. The van der Waals surface area contributed by atoms with Crippen LogP contribution < -0.4 is 5.14 Å². The fourth-order valence-corrected chi connectivity index (χ4v) is 4.45. The van der Waals surface area contributed by atoms with Crippen molar-refractivity contribution >= 4 is 10.0 Å². The summed E-state index contributed by atoms with van der Waals surface area (Å²) >= 11 is 0. The number of nitrogens with zero attached hydrogens (tertiary/aromatic N) is 2. The van der Waals surface area contributed by atoms with Gasteiger partial charge in [-0.15, -0.1) is 0 Å². The van der Waals surface area contributed by atoms with Gasteiger partial charge >= 0.3 is 0 Å². The van der Waals surface area contributed by atoms with E-state index in [1.54, 1.807) is 18.3 Å². The number of benzene rings is 2. The largest absolute Gasteiger partial charge is 0.393 e. The first-order valence-corrected chi connectivity index (χ1v) is 11.0. The zero-order chi connectivity index (χ0) is 20.6. The van der Waals surface area contributed by atoms with E-state index in [9.17, 15) is 17.9 Å². The molecule has 3 N–H and O–H groups in total. The first kappa shape index (κ1) is 19.8. The molecule has 1 heterocycles. The van der Waals surface area contributed by atoms with Crippen molar-refractivity contribution in [3.8, 4) is 22.5 Å². The molecule has 152 valence electrons. The number of imidazole rings is 1. The molecule has 0 spiro atoms. The number of rotatable bonds is 4. The van der Waals surface area contributed by atoms with Gasteiger partial charge < -0.3 is 9.67 Å². The fourth-order valence-electron chi connectivity index (χ4n) is 3.93. The molecule has 1 aromatic heterocycles. The van der Waals surface area contributed by atoms with E-state index in [2.05, 4.69) is 9.55 Å². The molecule has 1 aliphatic carbocycles. The van der Waals surface area contributed by atoms with Gasteiger partial charge in [-0.3, -0.25) is 0 Å². The molecule has 0 radical (unpaired) electrons. The van der Waals surface area contributed by atoms with Crippen LogP contribution in [0.5, 0.6) is 0 Å². The minimum Gasteiger partial charge on any atom is -0.393 e. The third-order valence-corrected chi connectivity index (χ3v) is 6.32. The first-order chi connectivity index (χ1) is 13.8. The summed E-state index contributed by atoms with van der Waals surface area (Å²) in [6.07, 6.45) is 6.92. The van der Waals surface area contributed by atoms with Crippen molar-refractivity contribution in [1.82, 2.24) is 9.55 Å². The molecule has 1 saturated carbocycles. The quantitative estimate of drug-likeness (QED) is 0.682. The van der Waals surface area contributed by atoms with Crippen LogP contribution in [0, 0.1) is 5.82 Å². The van der Waals surface area contributed by atoms with Crippen molar-refractivity contribution in [1.29, 1.82) is 0 Å². The second-order valence-electron chi connectivity index (χ2n) is 7.40. The summed E-state index contributed by atoms with van der Waals surface area (Å²) in [4.78, 5) is 4.21. The van der Waals surface area contributed by atoms with Gasteiger partial charge in [0.1, 0.15) is 11.6 Å². The van der Waals surface area contributed by atoms with Crippen LogP contribution in [0.1, 0.15) is 31.7 Å². The smallest absolute Gasteiger partial charge is 0.238 e. The van der Waals surface area contributed by atoms with Crippen molar-refractivity contribution in [3.05, 3.63) is 60.7 Å². The molecule has 2 atom stereocenters. The van der Waals surface area contributed by atoms with Crippen molar-refractivity contribution in [2.75, 3.05) is 0 Å². The summed E-state index contributed by atoms with van der Waals surface area (Å²) in [7, 11) is -3.95. The summed E-state index contributed by atoms with van der Waals surface area (Å²) < 4.78 is 39.3. The van der Waals surface area contributed by atoms with E-state index < -0.39 is 15.8 Å². The van der Waals surface area contributed by atoms with Gasteiger partial charge in [-0.05, 0) is 43.4 Å². The van der Waals surface area contributed by atoms with Crippen LogP contribution in [0.4, 0.5) is 4.39 Å². The second-order valence-corrected chi connectivity index (χ2v) is 8.96. The van der Waals surface area contributed by atoms with Crippen LogP contribution in [0.25, 0.3) is 22.5 Å². The monoisotopic (exact) mass is 415 g/mol. The molecule has 1 aliphatic rings. The maximum Gasteiger partial charge on any atom is 0.238 e. The topological polar surface area (TPSA) is 98.2 Å². The van der Waals surface area contributed by atoms with E-state index in [-0.39, 0.29) is 17.0 Å². The van der Waals surface area contributed by atoms with Crippen LogP contribution in [0.15, 0.2) is 59.8 Å². The molecule has 0 amide bonds. The van der Waals surface area contributed by atoms with E-state index in [4.69, 9.17) is 5.14 Å². The highest BCUT2D eigenvalue weighted by molar-refractivity contribution is 7.89. The number of aromatic nitrogens is 2. The van der Waals surface area contributed by atoms with Crippen LogP contribution in [-0.2, 0) is 10.0 Å². The number of hydrogen-bond acceptors (Lipinski definition) is 4. The standard InChI is InChI=1S/C21H22FN3O3S/c22-20-13-18(29(23,27)28)8-9-19(20)14-4-6-15(7-5-14)21-24-10-11-25(21)16-2-1-3-17(26)12-16/h4-11,13,16-17,26H,1-3,12H2,(H2,23,27,28)/t16-,17-/m1/s1. The van der Waals surface area contributed by atoms with Crippen molar-refractivity contribution in [2.45, 2.75) is 42.7 Å². The Morgan fingerprint density at radius 1 is 1.10 bits per heavy atom.